The van der Waals surface area contributed by atoms with E-state index in [-0.39, 0.29) is 17.6 Å². The molecule has 0 aliphatic carbocycles. The third kappa shape index (κ3) is 4.26. The molecule has 2 aromatic rings. The molecule has 6 heteroatoms. The largest absolute Gasteiger partial charge is 0.372 e. The molecule has 4 rings (SSSR count). The lowest BCUT2D eigenvalue weighted by Crippen LogP contribution is -2.41. The van der Waals surface area contributed by atoms with Gasteiger partial charge >= 0.3 is 0 Å². The van der Waals surface area contributed by atoms with Crippen LogP contribution in [0.3, 0.4) is 0 Å². The number of halogens is 1. The van der Waals surface area contributed by atoms with Crippen LogP contribution in [0.4, 0.5) is 21.5 Å². The molecule has 0 aromatic heterocycles. The van der Waals surface area contributed by atoms with Crippen LogP contribution in [0.1, 0.15) is 32.6 Å². The molecule has 0 bridgehead atoms. The number of rotatable bonds is 4. The van der Waals surface area contributed by atoms with Crippen LogP contribution in [0.2, 0.25) is 0 Å². The van der Waals surface area contributed by atoms with Gasteiger partial charge in [-0.3, -0.25) is 14.5 Å². The highest BCUT2D eigenvalue weighted by Crippen LogP contribution is 2.28. The topological polar surface area (TPSA) is 52.7 Å². The van der Waals surface area contributed by atoms with Gasteiger partial charge in [0.05, 0.1) is 0 Å². The van der Waals surface area contributed by atoms with Crippen LogP contribution in [0.25, 0.3) is 0 Å². The summed E-state index contributed by atoms with van der Waals surface area (Å²) in [7, 11) is 0. The van der Waals surface area contributed by atoms with Gasteiger partial charge in [0.1, 0.15) is 11.9 Å². The second-order valence-corrected chi connectivity index (χ2v) is 8.00. The van der Waals surface area contributed by atoms with Crippen LogP contribution in [-0.2, 0) is 9.59 Å². The maximum Gasteiger partial charge on any atom is 0.247 e. The number of carbonyl (C=O) groups is 2. The zero-order valence-corrected chi connectivity index (χ0v) is 16.6. The van der Waals surface area contributed by atoms with Crippen LogP contribution >= 0.6 is 0 Å². The molecule has 2 amide bonds. The molecule has 2 heterocycles. The van der Waals surface area contributed by atoms with Gasteiger partial charge in [-0.25, -0.2) is 4.39 Å². The van der Waals surface area contributed by atoms with E-state index in [0.717, 1.165) is 19.0 Å². The summed E-state index contributed by atoms with van der Waals surface area (Å²) in [6.07, 6.45) is 3.16. The van der Waals surface area contributed by atoms with Crippen molar-refractivity contribution in [2.75, 3.05) is 28.2 Å². The number of hydrogen-bond donors (Lipinski definition) is 1. The second kappa shape index (κ2) is 8.23. The molecule has 2 saturated heterocycles. The Kier molecular flexibility index (Phi) is 5.51. The normalized spacial score (nSPS) is 20.2. The Morgan fingerprint density at radius 3 is 2.24 bits per heavy atom. The molecule has 2 aliphatic rings. The van der Waals surface area contributed by atoms with E-state index in [1.165, 1.54) is 47.7 Å². The molecule has 0 radical (unpaired) electrons. The number of benzene rings is 2. The predicted molar refractivity (Wildman–Crippen MR) is 113 cm³/mol. The van der Waals surface area contributed by atoms with Crippen molar-refractivity contribution in [1.29, 1.82) is 0 Å². The van der Waals surface area contributed by atoms with Gasteiger partial charge in [-0.2, -0.15) is 0 Å². The van der Waals surface area contributed by atoms with Crippen LogP contribution in [-0.4, -0.2) is 30.9 Å². The molecule has 1 N–H and O–H groups in total. The molecule has 1 unspecified atom stereocenters. The summed E-state index contributed by atoms with van der Waals surface area (Å²) in [6, 6.07) is 13.0. The first-order valence-electron chi connectivity index (χ1n) is 10.2. The van der Waals surface area contributed by atoms with Gasteiger partial charge in [-0.05, 0) is 73.7 Å². The van der Waals surface area contributed by atoms with Crippen LogP contribution < -0.4 is 15.1 Å². The molecule has 152 valence electrons. The Hall–Kier alpha value is -2.89. The average Bonchev–Trinajstić information content (AvgIpc) is 3.11. The summed E-state index contributed by atoms with van der Waals surface area (Å²) >= 11 is 0. The highest BCUT2D eigenvalue weighted by atomic mass is 19.1. The minimum atomic E-state index is -0.587. The Morgan fingerprint density at radius 1 is 0.966 bits per heavy atom. The van der Waals surface area contributed by atoms with E-state index in [0.29, 0.717) is 24.2 Å². The minimum Gasteiger partial charge on any atom is -0.372 e. The maximum atomic E-state index is 13.2. The first kappa shape index (κ1) is 19.4. The molecule has 2 aromatic carbocycles. The van der Waals surface area contributed by atoms with Gasteiger partial charge in [-0.15, -0.1) is 0 Å². The third-order valence-electron chi connectivity index (χ3n) is 5.90. The van der Waals surface area contributed by atoms with E-state index in [1.54, 1.807) is 0 Å². The molecule has 2 aliphatic heterocycles. The summed E-state index contributed by atoms with van der Waals surface area (Å²) < 4.78 is 13.2. The Morgan fingerprint density at radius 2 is 1.59 bits per heavy atom. The summed E-state index contributed by atoms with van der Waals surface area (Å²) in [6.45, 7) is 4.41. The van der Waals surface area contributed by atoms with Crippen molar-refractivity contribution in [3.05, 3.63) is 54.3 Å². The van der Waals surface area contributed by atoms with Gasteiger partial charge in [0.15, 0.2) is 0 Å². The van der Waals surface area contributed by atoms with Crippen molar-refractivity contribution >= 4 is 28.9 Å². The molecule has 0 saturated carbocycles. The van der Waals surface area contributed by atoms with E-state index in [2.05, 4.69) is 17.1 Å². The number of nitrogens with zero attached hydrogens (tertiary/aromatic N) is 2. The van der Waals surface area contributed by atoms with Crippen LogP contribution in [0.15, 0.2) is 48.5 Å². The Labute approximate surface area is 170 Å². The first-order valence-corrected chi connectivity index (χ1v) is 10.2. The summed E-state index contributed by atoms with van der Waals surface area (Å²) in [4.78, 5) is 29.0. The number of amides is 2. The zero-order valence-electron chi connectivity index (χ0n) is 16.6. The maximum absolute atomic E-state index is 13.2. The van der Waals surface area contributed by atoms with Crippen molar-refractivity contribution in [3.8, 4) is 0 Å². The SMILES string of the molecule is CC1CCN(c2ccc(NC(=O)C3CCC(=O)N3c3ccc(F)cc3)cc2)CC1. The van der Waals surface area contributed by atoms with Crippen LogP contribution in [0, 0.1) is 11.7 Å². The third-order valence-corrected chi connectivity index (χ3v) is 5.90. The van der Waals surface area contributed by atoms with Crippen molar-refractivity contribution in [1.82, 2.24) is 0 Å². The van der Waals surface area contributed by atoms with Crippen molar-refractivity contribution in [2.24, 2.45) is 5.92 Å². The van der Waals surface area contributed by atoms with E-state index in [4.69, 9.17) is 0 Å². The van der Waals surface area contributed by atoms with Crippen LogP contribution in [0.5, 0.6) is 0 Å². The van der Waals surface area contributed by atoms with E-state index < -0.39 is 6.04 Å². The van der Waals surface area contributed by atoms with E-state index in [1.807, 2.05) is 24.3 Å². The molecule has 29 heavy (non-hydrogen) atoms. The number of anilines is 3. The van der Waals surface area contributed by atoms with Crippen molar-refractivity contribution in [3.63, 3.8) is 0 Å². The van der Waals surface area contributed by atoms with Gasteiger partial charge in [0.25, 0.3) is 0 Å². The average molecular weight is 395 g/mol. The predicted octanol–water partition coefficient (Wildman–Crippen LogP) is 4.20. The molecule has 2 fully saturated rings. The molecular formula is C23H26FN3O2. The number of piperidine rings is 1. The molecule has 5 nitrogen and oxygen atoms in total. The van der Waals surface area contributed by atoms with Gasteiger partial charge in [-0.1, -0.05) is 6.92 Å². The minimum absolute atomic E-state index is 0.119. The second-order valence-electron chi connectivity index (χ2n) is 8.00. The first-order chi connectivity index (χ1) is 14.0. The highest BCUT2D eigenvalue weighted by molar-refractivity contribution is 6.07. The Balaban J connectivity index is 1.43. The van der Waals surface area contributed by atoms with Gasteiger partial charge < -0.3 is 10.2 Å². The quantitative estimate of drug-likeness (QED) is 0.844. The number of carbonyl (C=O) groups excluding carboxylic acids is 2. The highest BCUT2D eigenvalue weighted by Gasteiger charge is 2.37. The molecule has 1 atom stereocenters. The Bertz CT molecular complexity index is 874. The summed E-state index contributed by atoms with van der Waals surface area (Å²) in [5.74, 6) is 0.0683. The lowest BCUT2D eigenvalue weighted by Gasteiger charge is -2.32. The summed E-state index contributed by atoms with van der Waals surface area (Å²) in [5, 5.41) is 2.93. The van der Waals surface area contributed by atoms with E-state index in [9.17, 15) is 14.0 Å². The zero-order chi connectivity index (χ0) is 20.4. The molecular weight excluding hydrogens is 369 g/mol. The number of nitrogens with one attached hydrogen (secondary N) is 1. The molecule has 0 spiro atoms. The smallest absolute Gasteiger partial charge is 0.247 e. The lowest BCUT2D eigenvalue weighted by molar-refractivity contribution is -0.120. The fourth-order valence-electron chi connectivity index (χ4n) is 4.11. The standard InChI is InChI=1S/C23H26FN3O2/c1-16-12-14-26(15-13-16)19-8-4-18(5-9-19)25-23(29)21-10-11-22(28)27(21)20-6-2-17(24)3-7-20/h2-9,16,21H,10-15H2,1H3,(H,25,29). The number of hydrogen-bond acceptors (Lipinski definition) is 3. The lowest BCUT2D eigenvalue weighted by atomic mass is 9.99. The fourth-order valence-corrected chi connectivity index (χ4v) is 4.11. The van der Waals surface area contributed by atoms with Crippen molar-refractivity contribution < 1.29 is 14.0 Å². The van der Waals surface area contributed by atoms with E-state index >= 15 is 0 Å². The van der Waals surface area contributed by atoms with Gasteiger partial charge in [0.2, 0.25) is 11.8 Å². The van der Waals surface area contributed by atoms with Gasteiger partial charge in [0, 0.05) is 36.6 Å². The monoisotopic (exact) mass is 395 g/mol. The van der Waals surface area contributed by atoms with Crippen molar-refractivity contribution in [2.45, 2.75) is 38.6 Å². The fraction of sp³-hybridized carbons (Fsp3) is 0.391. The summed E-state index contributed by atoms with van der Waals surface area (Å²) in [5.41, 5.74) is 2.42.